The molecule has 2 rings (SSSR count). The first-order valence-corrected chi connectivity index (χ1v) is 7.48. The number of carbonyl (C=O) groups is 3. The number of aryl methyl sites for hydroxylation is 1. The first-order valence-electron chi connectivity index (χ1n) is 6.67. The SMILES string of the molecule is Cc1cc(-c2ccc(C(F)(F)F)cc2)sc1C(=O)CC(=O)C(=O)O. The molecule has 1 aromatic carbocycles. The van der Waals surface area contributed by atoms with Gasteiger partial charge in [0.2, 0.25) is 5.78 Å². The molecule has 0 aliphatic carbocycles. The summed E-state index contributed by atoms with van der Waals surface area (Å²) in [6.45, 7) is 1.61. The Morgan fingerprint density at radius 3 is 2.21 bits per heavy atom. The van der Waals surface area contributed by atoms with Crippen LogP contribution in [-0.4, -0.2) is 22.6 Å². The molecule has 0 saturated heterocycles. The molecule has 1 aromatic heterocycles. The Kier molecular flexibility index (Phi) is 4.88. The zero-order valence-corrected chi connectivity index (χ0v) is 13.1. The van der Waals surface area contributed by atoms with E-state index in [1.807, 2.05) is 0 Å². The van der Waals surface area contributed by atoms with Crippen molar-refractivity contribution in [3.05, 3.63) is 46.3 Å². The van der Waals surface area contributed by atoms with E-state index in [0.717, 1.165) is 23.5 Å². The zero-order chi connectivity index (χ0) is 18.1. The molecule has 24 heavy (non-hydrogen) atoms. The lowest BCUT2D eigenvalue weighted by Gasteiger charge is -2.06. The van der Waals surface area contributed by atoms with Crippen LogP contribution in [0.5, 0.6) is 0 Å². The topological polar surface area (TPSA) is 71.4 Å². The molecule has 1 N–H and O–H groups in total. The average Bonchev–Trinajstić information content (AvgIpc) is 2.88. The molecule has 2 aromatic rings. The van der Waals surface area contributed by atoms with Crippen molar-refractivity contribution in [1.29, 1.82) is 0 Å². The van der Waals surface area contributed by atoms with Gasteiger partial charge in [-0.05, 0) is 36.2 Å². The minimum Gasteiger partial charge on any atom is -0.475 e. The van der Waals surface area contributed by atoms with E-state index in [4.69, 9.17) is 5.11 Å². The second kappa shape index (κ2) is 6.56. The summed E-state index contributed by atoms with van der Waals surface area (Å²) in [5.41, 5.74) is 0.265. The molecule has 126 valence electrons. The summed E-state index contributed by atoms with van der Waals surface area (Å²) in [6.07, 6.45) is -5.18. The lowest BCUT2D eigenvalue weighted by molar-refractivity contribution is -0.148. The number of thiophene rings is 1. The molecule has 0 spiro atoms. The van der Waals surface area contributed by atoms with Crippen LogP contribution >= 0.6 is 11.3 Å². The zero-order valence-electron chi connectivity index (χ0n) is 12.3. The molecular weight excluding hydrogens is 345 g/mol. The summed E-state index contributed by atoms with van der Waals surface area (Å²) in [5.74, 6) is -3.51. The maximum Gasteiger partial charge on any atom is 0.416 e. The Morgan fingerprint density at radius 2 is 1.71 bits per heavy atom. The van der Waals surface area contributed by atoms with Gasteiger partial charge in [0.05, 0.1) is 16.9 Å². The molecule has 0 atom stereocenters. The Balaban J connectivity index is 2.27. The second-order valence-electron chi connectivity index (χ2n) is 5.03. The second-order valence-corrected chi connectivity index (χ2v) is 6.08. The number of hydrogen-bond donors (Lipinski definition) is 1. The number of ketones is 2. The van der Waals surface area contributed by atoms with Crippen molar-refractivity contribution in [2.75, 3.05) is 0 Å². The highest BCUT2D eigenvalue weighted by Crippen LogP contribution is 2.35. The van der Waals surface area contributed by atoms with E-state index in [1.165, 1.54) is 12.1 Å². The molecule has 0 saturated carbocycles. The highest BCUT2D eigenvalue weighted by atomic mass is 32.1. The van der Waals surface area contributed by atoms with Gasteiger partial charge in [-0.2, -0.15) is 13.2 Å². The van der Waals surface area contributed by atoms with Gasteiger partial charge in [0, 0.05) is 4.88 Å². The predicted octanol–water partition coefficient (Wildman–Crippen LogP) is 3.97. The van der Waals surface area contributed by atoms with Crippen molar-refractivity contribution in [3.8, 4) is 10.4 Å². The fourth-order valence-corrected chi connectivity index (χ4v) is 3.14. The fourth-order valence-electron chi connectivity index (χ4n) is 2.03. The Bertz CT molecular complexity index is 804. The van der Waals surface area contributed by atoms with Crippen LogP contribution in [0.3, 0.4) is 0 Å². The fraction of sp³-hybridized carbons (Fsp3) is 0.188. The Labute approximate surface area is 138 Å². The van der Waals surface area contributed by atoms with Crippen LogP contribution in [0.4, 0.5) is 13.2 Å². The van der Waals surface area contributed by atoms with Gasteiger partial charge in [-0.1, -0.05) is 12.1 Å². The number of alkyl halides is 3. The maximum absolute atomic E-state index is 12.6. The third kappa shape index (κ3) is 3.88. The molecule has 1 heterocycles. The average molecular weight is 356 g/mol. The molecule has 8 heteroatoms. The summed E-state index contributed by atoms with van der Waals surface area (Å²) < 4.78 is 37.7. The molecule has 4 nitrogen and oxygen atoms in total. The number of hydrogen-bond acceptors (Lipinski definition) is 4. The Hall–Kier alpha value is -2.48. The highest BCUT2D eigenvalue weighted by molar-refractivity contribution is 7.17. The van der Waals surface area contributed by atoms with Gasteiger partial charge in [-0.15, -0.1) is 11.3 Å². The van der Waals surface area contributed by atoms with E-state index in [9.17, 15) is 27.6 Å². The predicted molar refractivity (Wildman–Crippen MR) is 81.1 cm³/mol. The van der Waals surface area contributed by atoms with Gasteiger partial charge < -0.3 is 5.11 Å². The summed E-state index contributed by atoms with van der Waals surface area (Å²) in [5, 5.41) is 8.53. The third-order valence-electron chi connectivity index (χ3n) is 3.23. The summed E-state index contributed by atoms with van der Waals surface area (Å²) in [7, 11) is 0. The van der Waals surface area contributed by atoms with Gasteiger partial charge >= 0.3 is 12.1 Å². The van der Waals surface area contributed by atoms with Crippen LogP contribution in [0.2, 0.25) is 0 Å². The maximum atomic E-state index is 12.6. The van der Waals surface area contributed by atoms with Crippen LogP contribution in [0.15, 0.2) is 30.3 Å². The molecule has 0 aliphatic rings. The standard InChI is InChI=1S/C16H11F3O4S/c1-8-6-13(9-2-4-10(5-3-9)16(17,18)19)24-14(8)11(20)7-12(21)15(22)23/h2-6H,7H2,1H3,(H,22,23). The van der Waals surface area contributed by atoms with E-state index < -0.39 is 35.7 Å². The number of carboxylic acid groups (broad SMARTS) is 1. The normalized spacial score (nSPS) is 11.3. The van der Waals surface area contributed by atoms with Crippen molar-refractivity contribution in [2.24, 2.45) is 0 Å². The van der Waals surface area contributed by atoms with E-state index in [0.29, 0.717) is 16.0 Å². The van der Waals surface area contributed by atoms with Gasteiger partial charge in [0.25, 0.3) is 0 Å². The van der Waals surface area contributed by atoms with Crippen molar-refractivity contribution < 1.29 is 32.7 Å². The van der Waals surface area contributed by atoms with E-state index in [-0.39, 0.29) is 4.88 Å². The number of carbonyl (C=O) groups excluding carboxylic acids is 2. The summed E-state index contributed by atoms with van der Waals surface area (Å²) >= 11 is 1.01. The first kappa shape index (κ1) is 17.9. The third-order valence-corrected chi connectivity index (χ3v) is 4.55. The quantitative estimate of drug-likeness (QED) is 0.500. The number of benzene rings is 1. The van der Waals surface area contributed by atoms with Gasteiger partial charge in [-0.3, -0.25) is 9.59 Å². The minimum atomic E-state index is -4.43. The summed E-state index contributed by atoms with van der Waals surface area (Å²) in [6, 6.07) is 6.10. The lowest BCUT2D eigenvalue weighted by Crippen LogP contribution is -2.16. The summed E-state index contributed by atoms with van der Waals surface area (Å²) in [4.78, 5) is 34.4. The largest absolute Gasteiger partial charge is 0.475 e. The van der Waals surface area contributed by atoms with Crippen LogP contribution < -0.4 is 0 Å². The van der Waals surface area contributed by atoms with Crippen molar-refractivity contribution in [3.63, 3.8) is 0 Å². The van der Waals surface area contributed by atoms with Crippen molar-refractivity contribution in [2.45, 2.75) is 19.5 Å². The van der Waals surface area contributed by atoms with Crippen LogP contribution in [0, 0.1) is 6.92 Å². The highest BCUT2D eigenvalue weighted by Gasteiger charge is 2.30. The van der Waals surface area contributed by atoms with Crippen LogP contribution in [0.25, 0.3) is 10.4 Å². The molecule has 0 unspecified atom stereocenters. The van der Waals surface area contributed by atoms with E-state index in [2.05, 4.69) is 0 Å². The van der Waals surface area contributed by atoms with Gasteiger partial charge in [0.1, 0.15) is 0 Å². The van der Waals surface area contributed by atoms with Crippen LogP contribution in [-0.2, 0) is 15.8 Å². The first-order chi connectivity index (χ1) is 11.1. The number of Topliss-reactive ketones (excluding diaryl/α,β-unsaturated/α-hetero) is 2. The lowest BCUT2D eigenvalue weighted by atomic mass is 10.1. The van der Waals surface area contributed by atoms with E-state index >= 15 is 0 Å². The molecular formula is C16H11F3O4S. The van der Waals surface area contributed by atoms with E-state index in [1.54, 1.807) is 13.0 Å². The smallest absolute Gasteiger partial charge is 0.416 e. The minimum absolute atomic E-state index is 0.222. The van der Waals surface area contributed by atoms with Gasteiger partial charge in [0.15, 0.2) is 5.78 Å². The number of aliphatic carboxylic acids is 1. The molecule has 0 fully saturated rings. The number of carboxylic acids is 1. The Morgan fingerprint density at radius 1 is 1.12 bits per heavy atom. The molecule has 0 amide bonds. The number of halogens is 3. The number of rotatable bonds is 5. The molecule has 0 radical (unpaired) electrons. The molecule has 0 aliphatic heterocycles. The van der Waals surface area contributed by atoms with Crippen LogP contribution in [0.1, 0.15) is 27.2 Å². The van der Waals surface area contributed by atoms with Crippen molar-refractivity contribution >= 4 is 28.9 Å². The monoisotopic (exact) mass is 356 g/mol. The molecule has 0 bridgehead atoms. The van der Waals surface area contributed by atoms with Crippen molar-refractivity contribution in [1.82, 2.24) is 0 Å². The van der Waals surface area contributed by atoms with Gasteiger partial charge in [-0.25, -0.2) is 4.79 Å².